The lowest BCUT2D eigenvalue weighted by molar-refractivity contribution is -0.0623. The lowest BCUT2D eigenvalue weighted by Crippen LogP contribution is -2.41. The van der Waals surface area contributed by atoms with Gasteiger partial charge in [0.05, 0.1) is 5.39 Å². The van der Waals surface area contributed by atoms with E-state index in [2.05, 4.69) is 0 Å². The standard InChI is InChI=1S/C15H17NO5/c1-15(20)10(6-7-16(15)2)8-4-3-5-9-11(17)12(18)14(19)21-13(8)9/h3-5,10,17-18,20H,6-7H2,1-2H3. The number of likely N-dealkylation sites (tertiary alicyclic amines) is 1. The predicted molar refractivity (Wildman–Crippen MR) is 76.4 cm³/mol. The lowest BCUT2D eigenvalue weighted by Gasteiger charge is -2.32. The zero-order valence-corrected chi connectivity index (χ0v) is 11.8. The Bertz CT molecular complexity index is 764. The van der Waals surface area contributed by atoms with Gasteiger partial charge in [0.25, 0.3) is 0 Å². The third-order valence-corrected chi connectivity index (χ3v) is 4.47. The Balaban J connectivity index is 2.28. The fraction of sp³-hybridized carbons (Fsp3) is 0.400. The van der Waals surface area contributed by atoms with Crippen molar-refractivity contribution in [3.05, 3.63) is 34.2 Å². The Hall–Kier alpha value is -2.05. The average molecular weight is 291 g/mol. The number of likely N-dealkylation sites (N-methyl/N-ethyl adjacent to an activating group) is 1. The van der Waals surface area contributed by atoms with Crippen LogP contribution in [0, 0.1) is 0 Å². The third-order valence-electron chi connectivity index (χ3n) is 4.47. The SMILES string of the molecule is CN1CCC(c2cccc3c(O)c(O)c(=O)oc23)C1(C)O. The Morgan fingerprint density at radius 1 is 1.33 bits per heavy atom. The minimum Gasteiger partial charge on any atom is -0.504 e. The third kappa shape index (κ3) is 1.91. The van der Waals surface area contributed by atoms with Gasteiger partial charge in [0, 0.05) is 18.0 Å². The van der Waals surface area contributed by atoms with E-state index in [9.17, 15) is 20.1 Å². The molecular weight excluding hydrogens is 274 g/mol. The van der Waals surface area contributed by atoms with Crippen molar-refractivity contribution in [2.75, 3.05) is 13.6 Å². The van der Waals surface area contributed by atoms with E-state index in [4.69, 9.17) is 4.42 Å². The van der Waals surface area contributed by atoms with E-state index in [1.165, 1.54) is 0 Å². The summed E-state index contributed by atoms with van der Waals surface area (Å²) in [5.74, 6) is -1.54. The molecule has 112 valence electrons. The molecule has 0 amide bonds. The molecule has 0 radical (unpaired) electrons. The van der Waals surface area contributed by atoms with E-state index >= 15 is 0 Å². The van der Waals surface area contributed by atoms with Gasteiger partial charge in [0.15, 0.2) is 5.75 Å². The van der Waals surface area contributed by atoms with Crippen LogP contribution in [0.4, 0.5) is 0 Å². The second-order valence-corrected chi connectivity index (χ2v) is 5.67. The summed E-state index contributed by atoms with van der Waals surface area (Å²) in [5.41, 5.74) is -1.20. The molecule has 0 aliphatic carbocycles. The number of hydrogen-bond acceptors (Lipinski definition) is 6. The van der Waals surface area contributed by atoms with Crippen LogP contribution < -0.4 is 5.63 Å². The molecule has 1 fully saturated rings. The smallest absolute Gasteiger partial charge is 0.382 e. The first-order valence-corrected chi connectivity index (χ1v) is 6.75. The van der Waals surface area contributed by atoms with Crippen molar-refractivity contribution in [2.45, 2.75) is 25.0 Å². The van der Waals surface area contributed by atoms with Gasteiger partial charge >= 0.3 is 5.63 Å². The van der Waals surface area contributed by atoms with E-state index in [-0.39, 0.29) is 16.9 Å². The summed E-state index contributed by atoms with van der Waals surface area (Å²) in [7, 11) is 1.82. The highest BCUT2D eigenvalue weighted by Crippen LogP contribution is 2.43. The molecule has 1 aliphatic rings. The quantitative estimate of drug-likeness (QED) is 0.686. The Morgan fingerprint density at radius 2 is 2.05 bits per heavy atom. The predicted octanol–water partition coefficient (Wildman–Crippen LogP) is 1.33. The van der Waals surface area contributed by atoms with Gasteiger partial charge in [-0.15, -0.1) is 0 Å². The van der Waals surface area contributed by atoms with Crippen molar-refractivity contribution >= 4 is 11.0 Å². The van der Waals surface area contributed by atoms with Crippen LogP contribution in [-0.4, -0.2) is 39.5 Å². The lowest BCUT2D eigenvalue weighted by atomic mass is 9.88. The molecule has 0 spiro atoms. The van der Waals surface area contributed by atoms with Gasteiger partial charge in [0.2, 0.25) is 5.75 Å². The molecule has 0 bridgehead atoms. The summed E-state index contributed by atoms with van der Waals surface area (Å²) in [6.45, 7) is 2.42. The molecule has 2 aromatic rings. The highest BCUT2D eigenvalue weighted by Gasteiger charge is 2.43. The molecule has 21 heavy (non-hydrogen) atoms. The topological polar surface area (TPSA) is 94.1 Å². The summed E-state index contributed by atoms with van der Waals surface area (Å²) >= 11 is 0. The van der Waals surface area contributed by atoms with Crippen LogP contribution in [0.15, 0.2) is 27.4 Å². The molecule has 1 aromatic carbocycles. The maximum atomic E-state index is 11.6. The zero-order chi connectivity index (χ0) is 15.4. The molecule has 0 saturated carbocycles. The van der Waals surface area contributed by atoms with E-state index in [1.54, 1.807) is 25.1 Å². The van der Waals surface area contributed by atoms with Crippen molar-refractivity contribution in [1.29, 1.82) is 0 Å². The number of nitrogens with zero attached hydrogens (tertiary/aromatic N) is 1. The Kier molecular flexibility index (Phi) is 2.96. The van der Waals surface area contributed by atoms with Crippen LogP contribution in [0.5, 0.6) is 11.5 Å². The molecule has 1 saturated heterocycles. The highest BCUT2D eigenvalue weighted by molar-refractivity contribution is 5.87. The van der Waals surface area contributed by atoms with Crippen molar-refractivity contribution in [1.82, 2.24) is 4.90 Å². The Labute approximate surface area is 120 Å². The fourth-order valence-corrected chi connectivity index (χ4v) is 3.03. The van der Waals surface area contributed by atoms with Crippen LogP contribution in [0.25, 0.3) is 11.0 Å². The molecule has 1 aromatic heterocycles. The number of fused-ring (bicyclic) bond motifs is 1. The minimum atomic E-state index is -1.07. The van der Waals surface area contributed by atoms with Gasteiger partial charge < -0.3 is 19.7 Å². The monoisotopic (exact) mass is 291 g/mol. The highest BCUT2D eigenvalue weighted by atomic mass is 16.4. The molecule has 6 nitrogen and oxygen atoms in total. The summed E-state index contributed by atoms with van der Waals surface area (Å²) < 4.78 is 5.15. The number of benzene rings is 1. The molecule has 2 heterocycles. The van der Waals surface area contributed by atoms with Crippen molar-refractivity contribution < 1.29 is 19.7 Å². The van der Waals surface area contributed by atoms with Crippen LogP contribution in [0.3, 0.4) is 0 Å². The van der Waals surface area contributed by atoms with Gasteiger partial charge in [0.1, 0.15) is 11.3 Å². The number of aliphatic hydroxyl groups is 1. The first kappa shape index (κ1) is 13.9. The van der Waals surface area contributed by atoms with Gasteiger partial charge in [-0.25, -0.2) is 4.79 Å². The van der Waals surface area contributed by atoms with Crippen LogP contribution in [0.1, 0.15) is 24.8 Å². The largest absolute Gasteiger partial charge is 0.504 e. The minimum absolute atomic E-state index is 0.207. The number of rotatable bonds is 1. The van der Waals surface area contributed by atoms with Gasteiger partial charge in [-0.05, 0) is 26.5 Å². The van der Waals surface area contributed by atoms with Crippen LogP contribution >= 0.6 is 0 Å². The average Bonchev–Trinajstić information content (AvgIpc) is 2.70. The number of hydrogen-bond donors (Lipinski definition) is 3. The number of aromatic hydroxyl groups is 2. The molecule has 3 rings (SSSR count). The first-order chi connectivity index (χ1) is 9.84. The second-order valence-electron chi connectivity index (χ2n) is 5.67. The second kappa shape index (κ2) is 4.47. The summed E-state index contributed by atoms with van der Waals surface area (Å²) in [6, 6.07) is 5.02. The number of para-hydroxylation sites is 1. The van der Waals surface area contributed by atoms with Gasteiger partial charge in [-0.2, -0.15) is 0 Å². The molecule has 6 heteroatoms. The first-order valence-electron chi connectivity index (χ1n) is 6.75. The van der Waals surface area contributed by atoms with Crippen molar-refractivity contribution in [2.24, 2.45) is 0 Å². The van der Waals surface area contributed by atoms with Crippen molar-refractivity contribution in [3.63, 3.8) is 0 Å². The van der Waals surface area contributed by atoms with E-state index in [0.29, 0.717) is 18.5 Å². The van der Waals surface area contributed by atoms with Gasteiger partial charge in [-0.3, -0.25) is 4.90 Å². The fourth-order valence-electron chi connectivity index (χ4n) is 3.03. The summed E-state index contributed by atoms with van der Waals surface area (Å²) in [6.07, 6.45) is 0.702. The van der Waals surface area contributed by atoms with Crippen LogP contribution in [-0.2, 0) is 0 Å². The maximum absolute atomic E-state index is 11.6. The van der Waals surface area contributed by atoms with Crippen molar-refractivity contribution in [3.8, 4) is 11.5 Å². The zero-order valence-electron chi connectivity index (χ0n) is 11.8. The Morgan fingerprint density at radius 3 is 2.67 bits per heavy atom. The molecule has 1 aliphatic heterocycles. The maximum Gasteiger partial charge on any atom is 0.382 e. The van der Waals surface area contributed by atoms with E-state index in [0.717, 1.165) is 0 Å². The molecular formula is C15H17NO5. The summed E-state index contributed by atoms with van der Waals surface area (Å²) in [5, 5.41) is 30.3. The molecule has 2 atom stereocenters. The molecule has 3 N–H and O–H groups in total. The van der Waals surface area contributed by atoms with Crippen LogP contribution in [0.2, 0.25) is 0 Å². The normalized spacial score (nSPS) is 26.5. The van der Waals surface area contributed by atoms with Gasteiger partial charge in [-0.1, -0.05) is 12.1 Å². The summed E-state index contributed by atoms with van der Waals surface area (Å²) in [4.78, 5) is 13.4. The van der Waals surface area contributed by atoms with E-state index in [1.807, 2.05) is 11.9 Å². The molecule has 2 unspecified atom stereocenters. The van der Waals surface area contributed by atoms with E-state index < -0.39 is 22.8 Å².